The highest BCUT2D eigenvalue weighted by Crippen LogP contribution is 2.21. The van der Waals surface area contributed by atoms with Crippen LogP contribution in [0.5, 0.6) is 0 Å². The summed E-state index contributed by atoms with van der Waals surface area (Å²) in [4.78, 5) is 19.2. The van der Waals surface area contributed by atoms with E-state index in [1.165, 1.54) is 11.1 Å². The molecule has 36 heavy (non-hydrogen) atoms. The van der Waals surface area contributed by atoms with Crippen LogP contribution < -0.4 is 0 Å². The van der Waals surface area contributed by atoms with Gasteiger partial charge in [-0.1, -0.05) is 72.8 Å². The van der Waals surface area contributed by atoms with Crippen molar-refractivity contribution in [1.82, 2.24) is 9.97 Å². The molecule has 178 valence electrons. The van der Waals surface area contributed by atoms with Gasteiger partial charge >= 0.3 is 0 Å². The maximum atomic E-state index is 5.91. The number of hydrogen-bond donors (Lipinski definition) is 0. The molecule has 0 N–H and O–H groups in total. The molecule has 4 aromatic rings. The maximum Gasteiger partial charge on any atom is 0.235 e. The van der Waals surface area contributed by atoms with Gasteiger partial charge in [0.2, 0.25) is 11.8 Å². The Balaban J connectivity index is 1.18. The summed E-state index contributed by atoms with van der Waals surface area (Å²) < 4.78 is 11.8. The first kappa shape index (κ1) is 22.2. The van der Waals surface area contributed by atoms with Crippen LogP contribution in [-0.4, -0.2) is 47.1 Å². The Morgan fingerprint density at radius 2 is 0.917 bits per heavy atom. The van der Waals surface area contributed by atoms with Crippen molar-refractivity contribution >= 4 is 11.8 Å². The average molecular weight is 475 g/mol. The van der Waals surface area contributed by atoms with Crippen LogP contribution in [0.1, 0.15) is 22.5 Å². The topological polar surface area (TPSA) is 69.0 Å². The molecule has 2 aliphatic heterocycles. The van der Waals surface area contributed by atoms with E-state index in [2.05, 4.69) is 24.3 Å². The lowest BCUT2D eigenvalue weighted by atomic mass is 10.1. The fourth-order valence-corrected chi connectivity index (χ4v) is 4.49. The third kappa shape index (κ3) is 5.03. The zero-order valence-corrected chi connectivity index (χ0v) is 19.8. The highest BCUT2D eigenvalue weighted by atomic mass is 16.5. The molecule has 6 rings (SSSR count). The Morgan fingerprint density at radius 1 is 0.500 bits per heavy atom. The molecule has 0 spiro atoms. The van der Waals surface area contributed by atoms with Crippen LogP contribution in [0.3, 0.4) is 0 Å². The third-order valence-corrected chi connectivity index (χ3v) is 6.25. The molecule has 0 amide bonds. The predicted molar refractivity (Wildman–Crippen MR) is 140 cm³/mol. The van der Waals surface area contributed by atoms with E-state index in [-0.39, 0.29) is 12.1 Å². The van der Waals surface area contributed by atoms with Crippen LogP contribution in [0.2, 0.25) is 0 Å². The summed E-state index contributed by atoms with van der Waals surface area (Å²) in [6.45, 7) is 1.12. The lowest BCUT2D eigenvalue weighted by Crippen LogP contribution is -2.10. The number of aliphatic imine (C=N–C) groups is 2. The molecular weight excluding hydrogens is 448 g/mol. The van der Waals surface area contributed by atoms with Gasteiger partial charge in [-0.25, -0.2) is 20.0 Å². The van der Waals surface area contributed by atoms with Crippen molar-refractivity contribution in [2.75, 3.05) is 13.2 Å². The van der Waals surface area contributed by atoms with E-state index in [9.17, 15) is 0 Å². The second-order valence-electron chi connectivity index (χ2n) is 8.99. The fraction of sp³-hybridized carbons (Fsp3) is 0.200. The Labute approximate surface area is 210 Å². The summed E-state index contributed by atoms with van der Waals surface area (Å²) in [6, 6.07) is 32.6. The highest BCUT2D eigenvalue weighted by Gasteiger charge is 2.23. The number of hydrogen-bond acceptors (Lipinski definition) is 6. The Hall–Kier alpha value is -4.32. The van der Waals surface area contributed by atoms with E-state index >= 15 is 0 Å². The fourth-order valence-electron chi connectivity index (χ4n) is 4.49. The summed E-state index contributed by atoms with van der Waals surface area (Å²) >= 11 is 0. The van der Waals surface area contributed by atoms with Crippen LogP contribution in [0.15, 0.2) is 107 Å². The normalized spacial score (nSPS) is 18.8. The van der Waals surface area contributed by atoms with Gasteiger partial charge in [0.1, 0.15) is 24.6 Å². The molecule has 2 aromatic carbocycles. The summed E-state index contributed by atoms with van der Waals surface area (Å²) in [6.07, 6.45) is 1.70. The summed E-state index contributed by atoms with van der Waals surface area (Å²) in [5.41, 5.74) is 5.45. The standard InChI is InChI=1S/C30H26N4O2/c1-3-9-21(10-4-1)17-23-19-35-29(31-23)27-15-7-13-25(33-27)26-14-8-16-28(34-26)30-32-24(20-36-30)18-22-11-5-2-6-12-22/h1-16,23-24H,17-20H2/t23-,24-/m1/s1. The van der Waals surface area contributed by atoms with E-state index in [0.717, 1.165) is 24.2 Å². The summed E-state index contributed by atoms with van der Waals surface area (Å²) in [7, 11) is 0. The molecule has 0 saturated heterocycles. The third-order valence-electron chi connectivity index (χ3n) is 6.25. The molecule has 2 aromatic heterocycles. The lowest BCUT2D eigenvalue weighted by molar-refractivity contribution is 0.316. The molecule has 6 heteroatoms. The molecule has 0 aliphatic carbocycles. The van der Waals surface area contributed by atoms with Crippen molar-refractivity contribution in [1.29, 1.82) is 0 Å². The first-order valence-corrected chi connectivity index (χ1v) is 12.2. The quantitative estimate of drug-likeness (QED) is 0.381. The largest absolute Gasteiger partial charge is 0.474 e. The minimum Gasteiger partial charge on any atom is -0.474 e. The number of nitrogens with zero attached hydrogens (tertiary/aromatic N) is 4. The van der Waals surface area contributed by atoms with Crippen molar-refractivity contribution in [3.05, 3.63) is 120 Å². The molecule has 2 atom stereocenters. The zero-order chi connectivity index (χ0) is 24.2. The zero-order valence-electron chi connectivity index (χ0n) is 19.8. The molecule has 0 unspecified atom stereocenters. The lowest BCUT2D eigenvalue weighted by Gasteiger charge is -2.06. The van der Waals surface area contributed by atoms with E-state index in [1.54, 1.807) is 0 Å². The van der Waals surface area contributed by atoms with Crippen LogP contribution >= 0.6 is 0 Å². The van der Waals surface area contributed by atoms with Crippen LogP contribution in [0.4, 0.5) is 0 Å². The molecular formula is C30H26N4O2. The minimum absolute atomic E-state index is 0.0932. The number of pyridine rings is 2. The van der Waals surface area contributed by atoms with Gasteiger partial charge in [-0.2, -0.15) is 0 Å². The van der Waals surface area contributed by atoms with Crippen LogP contribution in [0.25, 0.3) is 11.4 Å². The number of rotatable bonds is 7. The van der Waals surface area contributed by atoms with Crippen LogP contribution in [-0.2, 0) is 22.3 Å². The van der Waals surface area contributed by atoms with Gasteiger partial charge in [0.15, 0.2) is 0 Å². The molecule has 0 fully saturated rings. The van der Waals surface area contributed by atoms with Crippen molar-refractivity contribution in [3.63, 3.8) is 0 Å². The Morgan fingerprint density at radius 3 is 1.36 bits per heavy atom. The molecule has 6 nitrogen and oxygen atoms in total. The van der Waals surface area contributed by atoms with Gasteiger partial charge in [0.25, 0.3) is 0 Å². The smallest absolute Gasteiger partial charge is 0.235 e. The Bertz CT molecular complexity index is 1290. The molecule has 0 saturated carbocycles. The van der Waals surface area contributed by atoms with Crippen molar-refractivity contribution in [3.8, 4) is 11.4 Å². The monoisotopic (exact) mass is 474 g/mol. The number of aromatic nitrogens is 2. The number of benzene rings is 2. The van der Waals surface area contributed by atoms with Gasteiger partial charge in [-0.15, -0.1) is 0 Å². The van der Waals surface area contributed by atoms with Gasteiger partial charge in [-0.05, 0) is 48.2 Å². The van der Waals surface area contributed by atoms with E-state index < -0.39 is 0 Å². The average Bonchev–Trinajstić information content (AvgIpc) is 3.60. The van der Waals surface area contributed by atoms with Gasteiger partial charge in [0.05, 0.1) is 23.5 Å². The van der Waals surface area contributed by atoms with Crippen LogP contribution in [0, 0.1) is 0 Å². The van der Waals surface area contributed by atoms with E-state index in [4.69, 9.17) is 29.4 Å². The van der Waals surface area contributed by atoms with Gasteiger partial charge in [0, 0.05) is 0 Å². The van der Waals surface area contributed by atoms with E-state index in [1.807, 2.05) is 72.8 Å². The SMILES string of the molecule is c1ccc(C[C@@H]2COC(c3cccc(-c4cccc(C5=N[C@H](Cc6ccccc6)CO5)n4)n3)=N2)cc1. The van der Waals surface area contributed by atoms with Gasteiger partial charge < -0.3 is 9.47 Å². The Kier molecular flexibility index (Phi) is 6.23. The van der Waals surface area contributed by atoms with E-state index in [0.29, 0.717) is 36.4 Å². The summed E-state index contributed by atoms with van der Waals surface area (Å²) in [5, 5.41) is 0. The molecule has 2 aliphatic rings. The molecule has 4 heterocycles. The maximum absolute atomic E-state index is 5.91. The summed E-state index contributed by atoms with van der Waals surface area (Å²) in [5.74, 6) is 1.17. The van der Waals surface area contributed by atoms with Crippen molar-refractivity contribution < 1.29 is 9.47 Å². The predicted octanol–water partition coefficient (Wildman–Crippen LogP) is 4.92. The second kappa shape index (κ2) is 10.1. The second-order valence-corrected chi connectivity index (χ2v) is 8.99. The highest BCUT2D eigenvalue weighted by molar-refractivity contribution is 5.94. The van der Waals surface area contributed by atoms with Crippen molar-refractivity contribution in [2.24, 2.45) is 9.98 Å². The molecule has 0 radical (unpaired) electrons. The first-order valence-electron chi connectivity index (χ1n) is 12.2. The van der Waals surface area contributed by atoms with Gasteiger partial charge in [-0.3, -0.25) is 0 Å². The minimum atomic E-state index is 0.0932. The molecule has 0 bridgehead atoms. The first-order chi connectivity index (χ1) is 17.8. The van der Waals surface area contributed by atoms with Crippen molar-refractivity contribution in [2.45, 2.75) is 24.9 Å². The number of ether oxygens (including phenoxy) is 2.